The highest BCUT2D eigenvalue weighted by Gasteiger charge is 2.26. The number of carboxylic acids is 1. The number of aryl methyl sites for hydroxylation is 2. The molecule has 0 radical (unpaired) electrons. The summed E-state index contributed by atoms with van der Waals surface area (Å²) in [4.78, 5) is 23.4. The highest BCUT2D eigenvalue weighted by molar-refractivity contribution is 5.94. The summed E-state index contributed by atoms with van der Waals surface area (Å²) in [7, 11) is 0. The molecule has 0 aliphatic heterocycles. The maximum Gasteiger partial charge on any atom is 0.306 e. The van der Waals surface area contributed by atoms with E-state index in [-0.39, 0.29) is 17.9 Å². The number of carbonyl (C=O) groups is 2. The van der Waals surface area contributed by atoms with Gasteiger partial charge in [0.05, 0.1) is 17.3 Å². The van der Waals surface area contributed by atoms with Crippen LogP contribution in [0, 0.1) is 19.8 Å². The van der Waals surface area contributed by atoms with E-state index in [1.165, 1.54) is 0 Å². The van der Waals surface area contributed by atoms with E-state index in [0.29, 0.717) is 31.2 Å². The lowest BCUT2D eigenvalue weighted by Gasteiger charge is -2.26. The molecule has 0 bridgehead atoms. The van der Waals surface area contributed by atoms with Gasteiger partial charge in [0.15, 0.2) is 0 Å². The molecule has 1 amide bonds. The number of hydrogen-bond donors (Lipinski definition) is 2. The quantitative estimate of drug-likeness (QED) is 0.895. The minimum atomic E-state index is -0.732. The van der Waals surface area contributed by atoms with E-state index in [1.54, 1.807) is 12.1 Å². The van der Waals surface area contributed by atoms with Crippen LogP contribution in [-0.2, 0) is 4.79 Å². The van der Waals surface area contributed by atoms with Crippen molar-refractivity contribution in [2.45, 2.75) is 45.6 Å². The van der Waals surface area contributed by atoms with Gasteiger partial charge in [-0.25, -0.2) is 4.68 Å². The number of carbonyl (C=O) groups excluding carboxylic acids is 1. The number of hydrogen-bond acceptors (Lipinski definition) is 3. The van der Waals surface area contributed by atoms with Crippen molar-refractivity contribution >= 4 is 11.9 Å². The lowest BCUT2D eigenvalue weighted by Crippen LogP contribution is -2.38. The topological polar surface area (TPSA) is 84.2 Å². The van der Waals surface area contributed by atoms with Gasteiger partial charge in [0.2, 0.25) is 0 Å². The van der Waals surface area contributed by atoms with Crippen LogP contribution in [0.2, 0.25) is 0 Å². The number of nitrogens with zero attached hydrogens (tertiary/aromatic N) is 2. The first-order valence-corrected chi connectivity index (χ1v) is 8.61. The summed E-state index contributed by atoms with van der Waals surface area (Å²) in [5, 5.41) is 16.5. The molecule has 1 aromatic heterocycles. The van der Waals surface area contributed by atoms with Crippen LogP contribution in [0.15, 0.2) is 30.3 Å². The predicted molar refractivity (Wildman–Crippen MR) is 93.9 cm³/mol. The van der Waals surface area contributed by atoms with Gasteiger partial charge in [0.1, 0.15) is 0 Å². The predicted octanol–water partition coefficient (Wildman–Crippen LogP) is 2.86. The largest absolute Gasteiger partial charge is 0.481 e. The summed E-state index contributed by atoms with van der Waals surface area (Å²) >= 11 is 0. The fraction of sp³-hybridized carbons (Fsp3) is 0.421. The molecule has 0 unspecified atom stereocenters. The van der Waals surface area contributed by atoms with Crippen LogP contribution in [0.3, 0.4) is 0 Å². The van der Waals surface area contributed by atoms with E-state index in [4.69, 9.17) is 5.11 Å². The zero-order chi connectivity index (χ0) is 18.0. The van der Waals surface area contributed by atoms with Gasteiger partial charge in [-0.05, 0) is 69.9 Å². The number of aromatic nitrogens is 2. The first kappa shape index (κ1) is 17.2. The minimum absolute atomic E-state index is 0.0544. The Morgan fingerprint density at radius 2 is 1.76 bits per heavy atom. The Hall–Kier alpha value is -2.63. The molecule has 25 heavy (non-hydrogen) atoms. The molecule has 2 aromatic rings. The molecule has 6 heteroatoms. The zero-order valence-electron chi connectivity index (χ0n) is 14.5. The van der Waals surface area contributed by atoms with Crippen molar-refractivity contribution in [3.8, 4) is 5.69 Å². The first-order chi connectivity index (χ1) is 11.9. The van der Waals surface area contributed by atoms with Gasteiger partial charge in [-0.1, -0.05) is 0 Å². The smallest absolute Gasteiger partial charge is 0.306 e. The Morgan fingerprint density at radius 1 is 1.12 bits per heavy atom. The van der Waals surface area contributed by atoms with E-state index in [1.807, 2.05) is 36.7 Å². The molecule has 1 aliphatic rings. The third kappa shape index (κ3) is 3.90. The van der Waals surface area contributed by atoms with E-state index in [9.17, 15) is 9.59 Å². The summed E-state index contributed by atoms with van der Waals surface area (Å²) in [6.07, 6.45) is 2.67. The van der Waals surface area contributed by atoms with Gasteiger partial charge in [0.25, 0.3) is 5.91 Å². The van der Waals surface area contributed by atoms with Crippen molar-refractivity contribution in [2.24, 2.45) is 5.92 Å². The Balaban J connectivity index is 1.62. The minimum Gasteiger partial charge on any atom is -0.481 e. The van der Waals surface area contributed by atoms with Crippen LogP contribution in [0.4, 0.5) is 0 Å². The third-order valence-corrected chi connectivity index (χ3v) is 4.80. The molecule has 0 saturated heterocycles. The standard InChI is InChI=1S/C19H23N3O3/c1-12-11-13(2)22(21-12)17-9-5-14(6-10-17)18(23)20-16-7-3-15(4-8-16)19(24)25/h5-6,9-11,15-16H,3-4,7-8H2,1-2H3,(H,20,23)(H,24,25). The van der Waals surface area contributed by atoms with Crippen LogP contribution < -0.4 is 5.32 Å². The third-order valence-electron chi connectivity index (χ3n) is 4.80. The molecule has 2 N–H and O–H groups in total. The van der Waals surface area contributed by atoms with Crippen molar-refractivity contribution < 1.29 is 14.7 Å². The maximum absolute atomic E-state index is 12.4. The Morgan fingerprint density at radius 3 is 2.28 bits per heavy atom. The average molecular weight is 341 g/mol. The summed E-state index contributed by atoms with van der Waals surface area (Å²) < 4.78 is 1.85. The summed E-state index contributed by atoms with van der Waals surface area (Å²) in [5.74, 6) is -1.11. The number of amides is 1. The highest BCUT2D eigenvalue weighted by Crippen LogP contribution is 2.24. The van der Waals surface area contributed by atoms with E-state index in [0.717, 1.165) is 17.1 Å². The van der Waals surface area contributed by atoms with Crippen LogP contribution >= 0.6 is 0 Å². The van der Waals surface area contributed by atoms with Crippen molar-refractivity contribution in [3.05, 3.63) is 47.3 Å². The molecule has 1 heterocycles. The van der Waals surface area contributed by atoms with Crippen molar-refractivity contribution in [2.75, 3.05) is 0 Å². The molecular weight excluding hydrogens is 318 g/mol. The number of nitrogens with one attached hydrogen (secondary N) is 1. The first-order valence-electron chi connectivity index (χ1n) is 8.61. The van der Waals surface area contributed by atoms with Gasteiger partial charge in [-0.15, -0.1) is 0 Å². The Kier molecular flexibility index (Phi) is 4.88. The van der Waals surface area contributed by atoms with E-state index in [2.05, 4.69) is 10.4 Å². The molecule has 0 atom stereocenters. The lowest BCUT2D eigenvalue weighted by molar-refractivity contribution is -0.142. The molecular formula is C19H23N3O3. The highest BCUT2D eigenvalue weighted by atomic mass is 16.4. The van der Waals surface area contributed by atoms with Crippen molar-refractivity contribution in [1.29, 1.82) is 0 Å². The van der Waals surface area contributed by atoms with Crippen LogP contribution in [-0.4, -0.2) is 32.8 Å². The van der Waals surface area contributed by atoms with Gasteiger partial charge in [-0.2, -0.15) is 5.10 Å². The van der Waals surface area contributed by atoms with Crippen molar-refractivity contribution in [1.82, 2.24) is 15.1 Å². The molecule has 1 aliphatic carbocycles. The molecule has 1 saturated carbocycles. The Labute approximate surface area is 146 Å². The Bertz CT molecular complexity index is 772. The lowest BCUT2D eigenvalue weighted by atomic mass is 9.86. The van der Waals surface area contributed by atoms with Crippen LogP contribution in [0.5, 0.6) is 0 Å². The second kappa shape index (κ2) is 7.09. The second-order valence-electron chi connectivity index (χ2n) is 6.75. The van der Waals surface area contributed by atoms with Gasteiger partial charge in [-0.3, -0.25) is 9.59 Å². The number of carboxylic acid groups (broad SMARTS) is 1. The molecule has 1 aromatic carbocycles. The molecule has 3 rings (SSSR count). The van der Waals surface area contributed by atoms with Gasteiger partial charge in [0, 0.05) is 17.3 Å². The maximum atomic E-state index is 12.4. The second-order valence-corrected chi connectivity index (χ2v) is 6.75. The monoisotopic (exact) mass is 341 g/mol. The summed E-state index contributed by atoms with van der Waals surface area (Å²) in [6.45, 7) is 3.94. The fourth-order valence-corrected chi connectivity index (χ4v) is 3.40. The number of aliphatic carboxylic acids is 1. The van der Waals surface area contributed by atoms with Gasteiger partial charge < -0.3 is 10.4 Å². The summed E-state index contributed by atoms with van der Waals surface area (Å²) in [6, 6.07) is 9.42. The normalized spacial score (nSPS) is 20.2. The molecule has 6 nitrogen and oxygen atoms in total. The zero-order valence-corrected chi connectivity index (χ0v) is 14.5. The van der Waals surface area contributed by atoms with E-state index >= 15 is 0 Å². The number of benzene rings is 1. The molecule has 0 spiro atoms. The average Bonchev–Trinajstić information content (AvgIpc) is 2.94. The molecule has 1 fully saturated rings. The van der Waals surface area contributed by atoms with Gasteiger partial charge >= 0.3 is 5.97 Å². The van der Waals surface area contributed by atoms with Crippen LogP contribution in [0.25, 0.3) is 5.69 Å². The number of rotatable bonds is 4. The molecule has 132 valence electrons. The summed E-state index contributed by atoms with van der Waals surface area (Å²) in [5.41, 5.74) is 3.52. The van der Waals surface area contributed by atoms with Crippen LogP contribution in [0.1, 0.15) is 47.4 Å². The SMILES string of the molecule is Cc1cc(C)n(-c2ccc(C(=O)NC3CCC(C(=O)O)CC3)cc2)n1. The van der Waals surface area contributed by atoms with E-state index < -0.39 is 5.97 Å². The fourth-order valence-electron chi connectivity index (χ4n) is 3.40. The van der Waals surface area contributed by atoms with Crippen molar-refractivity contribution in [3.63, 3.8) is 0 Å².